The quantitative estimate of drug-likeness (QED) is 0.671. The summed E-state index contributed by atoms with van der Waals surface area (Å²) in [5.74, 6) is 0.241. The van der Waals surface area contributed by atoms with Crippen molar-refractivity contribution in [3.05, 3.63) is 0 Å². The fourth-order valence-corrected chi connectivity index (χ4v) is 3.39. The Morgan fingerprint density at radius 3 is 2.38 bits per heavy atom. The molecule has 2 heterocycles. The number of carbonyl (C=O) groups is 1. The maximum Gasteiger partial charge on any atom is 0.237 e. The summed E-state index contributed by atoms with van der Waals surface area (Å²) < 4.78 is 11.0. The number of rotatable bonds is 6. The highest BCUT2D eigenvalue weighted by Crippen LogP contribution is 2.17. The molecule has 0 saturated carbocycles. The SMILES string of the molecule is CC1CN(CCCNC(=O)C(N)C2CCOCC2)CC(C)O1.Cl.Cl. The van der Waals surface area contributed by atoms with Gasteiger partial charge >= 0.3 is 0 Å². The molecule has 0 aromatic rings. The van der Waals surface area contributed by atoms with E-state index < -0.39 is 6.04 Å². The molecule has 2 rings (SSSR count). The first-order chi connectivity index (χ1) is 10.6. The van der Waals surface area contributed by atoms with E-state index >= 15 is 0 Å². The van der Waals surface area contributed by atoms with Gasteiger partial charge in [0.05, 0.1) is 18.2 Å². The van der Waals surface area contributed by atoms with Crippen LogP contribution in [0.4, 0.5) is 0 Å². The lowest BCUT2D eigenvalue weighted by Crippen LogP contribution is -2.48. The van der Waals surface area contributed by atoms with Gasteiger partial charge in [0.2, 0.25) is 5.91 Å². The molecule has 3 unspecified atom stereocenters. The minimum atomic E-state index is -0.396. The van der Waals surface area contributed by atoms with E-state index in [1.165, 1.54) is 0 Å². The topological polar surface area (TPSA) is 76.8 Å². The predicted molar refractivity (Wildman–Crippen MR) is 100 cm³/mol. The van der Waals surface area contributed by atoms with Crippen LogP contribution < -0.4 is 11.1 Å². The third-order valence-electron chi connectivity index (χ3n) is 4.52. The molecular formula is C16H33Cl2N3O3. The molecule has 0 bridgehead atoms. The molecule has 0 aromatic heterocycles. The summed E-state index contributed by atoms with van der Waals surface area (Å²) in [4.78, 5) is 14.5. The van der Waals surface area contributed by atoms with Crippen LogP contribution in [0.5, 0.6) is 0 Å². The number of nitrogens with two attached hydrogens (primary N) is 1. The van der Waals surface area contributed by atoms with Crippen molar-refractivity contribution in [2.24, 2.45) is 11.7 Å². The van der Waals surface area contributed by atoms with Gasteiger partial charge in [-0.3, -0.25) is 9.69 Å². The van der Waals surface area contributed by atoms with Gasteiger partial charge in [0, 0.05) is 39.4 Å². The Morgan fingerprint density at radius 1 is 1.21 bits per heavy atom. The molecule has 0 radical (unpaired) electrons. The van der Waals surface area contributed by atoms with E-state index in [2.05, 4.69) is 24.1 Å². The van der Waals surface area contributed by atoms with E-state index in [1.807, 2.05) is 0 Å². The van der Waals surface area contributed by atoms with Crippen molar-refractivity contribution in [3.63, 3.8) is 0 Å². The summed E-state index contributed by atoms with van der Waals surface area (Å²) in [7, 11) is 0. The van der Waals surface area contributed by atoms with Gasteiger partial charge in [0.15, 0.2) is 0 Å². The van der Waals surface area contributed by atoms with Crippen LogP contribution in [0, 0.1) is 5.92 Å². The highest BCUT2D eigenvalue weighted by molar-refractivity contribution is 5.85. The maximum atomic E-state index is 12.1. The lowest BCUT2D eigenvalue weighted by Gasteiger charge is -2.35. The molecule has 2 aliphatic rings. The summed E-state index contributed by atoms with van der Waals surface area (Å²) >= 11 is 0. The van der Waals surface area contributed by atoms with Crippen LogP contribution in [-0.4, -0.2) is 68.4 Å². The number of halogens is 2. The van der Waals surface area contributed by atoms with Gasteiger partial charge in [-0.2, -0.15) is 0 Å². The predicted octanol–water partition coefficient (Wildman–Crippen LogP) is 1.20. The molecule has 2 fully saturated rings. The molecule has 144 valence electrons. The molecule has 0 spiro atoms. The maximum absolute atomic E-state index is 12.1. The van der Waals surface area contributed by atoms with Gasteiger partial charge in [0.25, 0.3) is 0 Å². The molecule has 24 heavy (non-hydrogen) atoms. The van der Waals surface area contributed by atoms with Gasteiger partial charge in [-0.25, -0.2) is 0 Å². The molecule has 1 amide bonds. The van der Waals surface area contributed by atoms with Crippen molar-refractivity contribution < 1.29 is 14.3 Å². The van der Waals surface area contributed by atoms with E-state index in [0.29, 0.717) is 18.8 Å². The largest absolute Gasteiger partial charge is 0.381 e. The summed E-state index contributed by atoms with van der Waals surface area (Å²) in [5.41, 5.74) is 6.06. The van der Waals surface area contributed by atoms with Gasteiger partial charge in [-0.05, 0) is 39.0 Å². The van der Waals surface area contributed by atoms with E-state index in [1.54, 1.807) is 0 Å². The van der Waals surface area contributed by atoms with Gasteiger partial charge < -0.3 is 20.5 Å². The number of nitrogens with zero attached hydrogens (tertiary/aromatic N) is 1. The van der Waals surface area contributed by atoms with Gasteiger partial charge in [-0.1, -0.05) is 0 Å². The van der Waals surface area contributed by atoms with E-state index in [0.717, 1.165) is 52.1 Å². The smallest absolute Gasteiger partial charge is 0.237 e. The molecule has 0 aliphatic carbocycles. The monoisotopic (exact) mass is 385 g/mol. The van der Waals surface area contributed by atoms with Crippen LogP contribution in [0.15, 0.2) is 0 Å². The minimum absolute atomic E-state index is 0. The summed E-state index contributed by atoms with van der Waals surface area (Å²) in [6, 6.07) is -0.396. The van der Waals surface area contributed by atoms with Gasteiger partial charge in [-0.15, -0.1) is 24.8 Å². The Balaban J connectivity index is 0.00000264. The average molecular weight is 386 g/mol. The van der Waals surface area contributed by atoms with Crippen LogP contribution in [0.25, 0.3) is 0 Å². The van der Waals surface area contributed by atoms with Crippen molar-refractivity contribution >= 4 is 30.7 Å². The second-order valence-corrected chi connectivity index (χ2v) is 6.64. The number of amides is 1. The Bertz CT molecular complexity index is 347. The minimum Gasteiger partial charge on any atom is -0.381 e. The molecule has 3 atom stereocenters. The zero-order valence-electron chi connectivity index (χ0n) is 14.7. The molecule has 3 N–H and O–H groups in total. The third kappa shape index (κ3) is 7.85. The molecule has 8 heteroatoms. The zero-order chi connectivity index (χ0) is 15.9. The van der Waals surface area contributed by atoms with Crippen LogP contribution in [0.1, 0.15) is 33.1 Å². The van der Waals surface area contributed by atoms with Crippen molar-refractivity contribution in [1.82, 2.24) is 10.2 Å². The molecular weight excluding hydrogens is 353 g/mol. The second-order valence-electron chi connectivity index (χ2n) is 6.64. The number of ether oxygens (including phenoxy) is 2. The fraction of sp³-hybridized carbons (Fsp3) is 0.938. The standard InChI is InChI=1S/C16H31N3O3.2ClH/c1-12-10-19(11-13(2)22-12)7-3-6-18-16(20)15(17)14-4-8-21-9-5-14;;/h12-15H,3-11,17H2,1-2H3,(H,18,20);2*1H. The Morgan fingerprint density at radius 2 is 1.79 bits per heavy atom. The van der Waals surface area contributed by atoms with E-state index in [4.69, 9.17) is 15.2 Å². The lowest BCUT2D eigenvalue weighted by molar-refractivity contribution is -0.124. The Hall–Kier alpha value is -0.110. The number of hydrogen-bond donors (Lipinski definition) is 2. The lowest BCUT2D eigenvalue weighted by atomic mass is 9.92. The molecule has 2 aliphatic heterocycles. The first-order valence-electron chi connectivity index (χ1n) is 8.55. The highest BCUT2D eigenvalue weighted by Gasteiger charge is 2.26. The van der Waals surface area contributed by atoms with Crippen LogP contribution in [0.3, 0.4) is 0 Å². The summed E-state index contributed by atoms with van der Waals surface area (Å²) in [6.45, 7) is 9.28. The van der Waals surface area contributed by atoms with Gasteiger partial charge in [0.1, 0.15) is 0 Å². The second kappa shape index (κ2) is 12.3. The van der Waals surface area contributed by atoms with Crippen molar-refractivity contribution in [3.8, 4) is 0 Å². The third-order valence-corrected chi connectivity index (χ3v) is 4.52. The normalized spacial score (nSPS) is 26.8. The van der Waals surface area contributed by atoms with E-state index in [9.17, 15) is 4.79 Å². The average Bonchev–Trinajstić information content (AvgIpc) is 2.50. The van der Waals surface area contributed by atoms with Crippen molar-refractivity contribution in [1.29, 1.82) is 0 Å². The number of nitrogens with one attached hydrogen (secondary N) is 1. The highest BCUT2D eigenvalue weighted by atomic mass is 35.5. The van der Waals surface area contributed by atoms with Crippen LogP contribution in [-0.2, 0) is 14.3 Å². The first kappa shape index (κ1) is 23.9. The fourth-order valence-electron chi connectivity index (χ4n) is 3.39. The number of carbonyl (C=O) groups excluding carboxylic acids is 1. The molecule has 2 saturated heterocycles. The number of hydrogen-bond acceptors (Lipinski definition) is 5. The van der Waals surface area contributed by atoms with Crippen LogP contribution in [0.2, 0.25) is 0 Å². The van der Waals surface area contributed by atoms with Crippen molar-refractivity contribution in [2.45, 2.75) is 51.4 Å². The summed E-state index contributed by atoms with van der Waals surface area (Å²) in [6.07, 6.45) is 3.31. The summed E-state index contributed by atoms with van der Waals surface area (Å²) in [5, 5.41) is 2.98. The Labute approximate surface area is 158 Å². The Kier molecular flexibility index (Phi) is 12.2. The van der Waals surface area contributed by atoms with E-state index in [-0.39, 0.29) is 36.6 Å². The first-order valence-corrected chi connectivity index (χ1v) is 8.55. The molecule has 6 nitrogen and oxygen atoms in total. The van der Waals surface area contributed by atoms with Crippen molar-refractivity contribution in [2.75, 3.05) is 39.4 Å². The molecule has 0 aromatic carbocycles. The van der Waals surface area contributed by atoms with Crippen LogP contribution >= 0.6 is 24.8 Å². The number of morpholine rings is 1. The zero-order valence-corrected chi connectivity index (χ0v) is 16.4.